The topological polar surface area (TPSA) is 73.6 Å². The summed E-state index contributed by atoms with van der Waals surface area (Å²) in [6.07, 6.45) is 0.303. The van der Waals surface area contributed by atoms with Crippen molar-refractivity contribution in [2.24, 2.45) is 5.73 Å². The van der Waals surface area contributed by atoms with E-state index in [1.54, 1.807) is 0 Å². The minimum absolute atomic E-state index is 0.0991. The minimum atomic E-state index is -3.12. The summed E-state index contributed by atoms with van der Waals surface area (Å²) in [5.41, 5.74) is 5.67. The van der Waals surface area contributed by atoms with E-state index in [0.717, 1.165) is 12.1 Å². The van der Waals surface area contributed by atoms with Crippen LogP contribution in [0, 0.1) is 5.82 Å². The summed E-state index contributed by atoms with van der Waals surface area (Å²) < 4.78 is 46.0. The first-order valence-electron chi connectivity index (χ1n) is 5.73. The Hall–Kier alpha value is -1.80. The number of halogens is 3. The van der Waals surface area contributed by atoms with E-state index in [2.05, 4.69) is 10.1 Å². The third-order valence-corrected chi connectivity index (χ3v) is 2.39. The summed E-state index contributed by atoms with van der Waals surface area (Å²) in [4.78, 5) is 11.6. The van der Waals surface area contributed by atoms with Crippen LogP contribution in [0.1, 0.15) is 6.42 Å². The molecule has 0 fully saturated rings. The molecule has 1 rings (SSSR count). The van der Waals surface area contributed by atoms with Crippen LogP contribution in [0.5, 0.6) is 5.75 Å². The third kappa shape index (κ3) is 5.06. The summed E-state index contributed by atoms with van der Waals surface area (Å²) in [5, 5.41) is 2.37. The first kappa shape index (κ1) is 16.3. The molecule has 1 aromatic rings. The Bertz CT molecular complexity index is 458. The van der Waals surface area contributed by atoms with Crippen molar-refractivity contribution in [3.8, 4) is 5.75 Å². The number of amides is 1. The van der Waals surface area contributed by atoms with Gasteiger partial charge in [-0.05, 0) is 18.6 Å². The quantitative estimate of drug-likeness (QED) is 0.802. The Morgan fingerprint density at radius 1 is 1.45 bits per heavy atom. The van der Waals surface area contributed by atoms with Crippen molar-refractivity contribution in [1.82, 2.24) is 0 Å². The lowest BCUT2D eigenvalue weighted by Gasteiger charge is -2.12. The summed E-state index contributed by atoms with van der Waals surface area (Å²) in [6.45, 7) is -2.81. The lowest BCUT2D eigenvalue weighted by molar-refractivity contribution is -0.117. The number of hydrogen-bond donors (Lipinski definition) is 2. The lowest BCUT2D eigenvalue weighted by atomic mass is 10.2. The van der Waals surface area contributed by atoms with Crippen LogP contribution in [0.25, 0.3) is 0 Å². The minimum Gasteiger partial charge on any atom is -0.432 e. The molecule has 1 atom stereocenters. The molecule has 112 valence electrons. The number of methoxy groups -OCH3 is 1. The standard InChI is InChI=1S/C12H15F3N2O3/c1-19-5-4-9(16)11(18)17-7-2-3-10(8(13)6-7)20-12(14)15/h2-3,6,9,12H,4-5,16H2,1H3,(H,17,18). The van der Waals surface area contributed by atoms with Gasteiger partial charge in [-0.3, -0.25) is 4.79 Å². The number of anilines is 1. The van der Waals surface area contributed by atoms with Crippen molar-refractivity contribution >= 4 is 11.6 Å². The van der Waals surface area contributed by atoms with Crippen molar-refractivity contribution in [2.45, 2.75) is 19.1 Å². The highest BCUT2D eigenvalue weighted by atomic mass is 19.3. The SMILES string of the molecule is COCCC(N)C(=O)Nc1ccc(OC(F)F)c(F)c1. The number of nitrogens with two attached hydrogens (primary N) is 1. The van der Waals surface area contributed by atoms with E-state index >= 15 is 0 Å². The van der Waals surface area contributed by atoms with E-state index in [1.807, 2.05) is 0 Å². The molecular weight excluding hydrogens is 277 g/mol. The van der Waals surface area contributed by atoms with E-state index in [-0.39, 0.29) is 5.69 Å². The maximum absolute atomic E-state index is 13.4. The number of benzene rings is 1. The molecule has 5 nitrogen and oxygen atoms in total. The molecule has 3 N–H and O–H groups in total. The molecule has 0 bridgehead atoms. The van der Waals surface area contributed by atoms with Gasteiger partial charge in [-0.15, -0.1) is 0 Å². The van der Waals surface area contributed by atoms with Gasteiger partial charge >= 0.3 is 6.61 Å². The largest absolute Gasteiger partial charge is 0.432 e. The van der Waals surface area contributed by atoms with Gasteiger partial charge in [-0.25, -0.2) is 4.39 Å². The van der Waals surface area contributed by atoms with Crippen LogP contribution in [0.2, 0.25) is 0 Å². The predicted molar refractivity (Wildman–Crippen MR) is 66.1 cm³/mol. The van der Waals surface area contributed by atoms with Crippen LogP contribution >= 0.6 is 0 Å². The summed E-state index contributed by atoms with van der Waals surface area (Å²) in [5.74, 6) is -2.13. The van der Waals surface area contributed by atoms with Gasteiger partial charge in [0.1, 0.15) is 0 Å². The maximum atomic E-state index is 13.4. The van der Waals surface area contributed by atoms with Gasteiger partial charge in [0, 0.05) is 25.5 Å². The Balaban J connectivity index is 2.64. The highest BCUT2D eigenvalue weighted by Gasteiger charge is 2.15. The fraction of sp³-hybridized carbons (Fsp3) is 0.417. The van der Waals surface area contributed by atoms with Crippen molar-refractivity contribution in [2.75, 3.05) is 19.0 Å². The molecule has 20 heavy (non-hydrogen) atoms. The lowest BCUT2D eigenvalue weighted by Crippen LogP contribution is -2.36. The number of carbonyl (C=O) groups excluding carboxylic acids is 1. The molecular formula is C12H15F3N2O3. The number of nitrogens with one attached hydrogen (secondary N) is 1. The molecule has 0 aliphatic carbocycles. The molecule has 0 aliphatic rings. The van der Waals surface area contributed by atoms with Gasteiger partial charge in [0.15, 0.2) is 11.6 Å². The average molecular weight is 292 g/mol. The van der Waals surface area contributed by atoms with Gasteiger partial charge in [0.05, 0.1) is 6.04 Å². The molecule has 0 radical (unpaired) electrons. The van der Waals surface area contributed by atoms with Crippen LogP contribution in [0.3, 0.4) is 0 Å². The summed E-state index contributed by atoms with van der Waals surface area (Å²) in [6, 6.07) is 2.30. The fourth-order valence-corrected chi connectivity index (χ4v) is 1.38. The van der Waals surface area contributed by atoms with Gasteiger partial charge in [0.25, 0.3) is 0 Å². The van der Waals surface area contributed by atoms with E-state index in [1.165, 1.54) is 13.2 Å². The van der Waals surface area contributed by atoms with Crippen molar-refractivity contribution in [3.63, 3.8) is 0 Å². The normalized spacial score (nSPS) is 12.3. The van der Waals surface area contributed by atoms with Crippen molar-refractivity contribution in [1.29, 1.82) is 0 Å². The molecule has 1 amide bonds. The first-order valence-corrected chi connectivity index (χ1v) is 5.73. The molecule has 0 heterocycles. The van der Waals surface area contributed by atoms with Crippen LogP contribution < -0.4 is 15.8 Å². The second-order valence-electron chi connectivity index (χ2n) is 3.90. The predicted octanol–water partition coefficient (Wildman–Crippen LogP) is 1.73. The van der Waals surface area contributed by atoms with E-state index < -0.39 is 30.1 Å². The zero-order valence-corrected chi connectivity index (χ0v) is 10.7. The maximum Gasteiger partial charge on any atom is 0.387 e. The second-order valence-corrected chi connectivity index (χ2v) is 3.90. The van der Waals surface area contributed by atoms with Crippen LogP contribution in [0.15, 0.2) is 18.2 Å². The molecule has 0 aliphatic heterocycles. The van der Waals surface area contributed by atoms with Gasteiger partial charge in [-0.1, -0.05) is 0 Å². The smallest absolute Gasteiger partial charge is 0.387 e. The zero-order chi connectivity index (χ0) is 15.1. The second kappa shape index (κ2) is 7.71. The molecule has 0 saturated carbocycles. The molecule has 1 unspecified atom stereocenters. The highest BCUT2D eigenvalue weighted by molar-refractivity contribution is 5.94. The van der Waals surface area contributed by atoms with Gasteiger partial charge in [-0.2, -0.15) is 8.78 Å². The fourth-order valence-electron chi connectivity index (χ4n) is 1.38. The first-order chi connectivity index (χ1) is 9.43. The van der Waals surface area contributed by atoms with Crippen molar-refractivity contribution < 1.29 is 27.4 Å². The average Bonchev–Trinajstić information content (AvgIpc) is 2.38. The van der Waals surface area contributed by atoms with Crippen LogP contribution in [0.4, 0.5) is 18.9 Å². The van der Waals surface area contributed by atoms with Gasteiger partial charge < -0.3 is 20.5 Å². The molecule has 0 aromatic heterocycles. The number of rotatable bonds is 7. The molecule has 1 aromatic carbocycles. The van der Waals surface area contributed by atoms with Gasteiger partial charge in [0.2, 0.25) is 5.91 Å². The Labute approximate surface area is 113 Å². The Morgan fingerprint density at radius 2 is 2.15 bits per heavy atom. The van der Waals surface area contributed by atoms with Crippen molar-refractivity contribution in [3.05, 3.63) is 24.0 Å². The van der Waals surface area contributed by atoms with E-state index in [4.69, 9.17) is 10.5 Å². The van der Waals surface area contributed by atoms with E-state index in [9.17, 15) is 18.0 Å². The molecule has 0 saturated heterocycles. The Morgan fingerprint density at radius 3 is 2.70 bits per heavy atom. The third-order valence-electron chi connectivity index (χ3n) is 2.39. The van der Waals surface area contributed by atoms with Crippen LogP contribution in [-0.4, -0.2) is 32.3 Å². The summed E-state index contributed by atoms with van der Waals surface area (Å²) in [7, 11) is 1.47. The number of carbonyl (C=O) groups is 1. The number of hydrogen-bond acceptors (Lipinski definition) is 4. The number of alkyl halides is 2. The highest BCUT2D eigenvalue weighted by Crippen LogP contribution is 2.22. The van der Waals surface area contributed by atoms with E-state index in [0.29, 0.717) is 13.0 Å². The molecule has 8 heteroatoms. The molecule has 0 spiro atoms. The van der Waals surface area contributed by atoms with Crippen LogP contribution in [-0.2, 0) is 9.53 Å². The summed E-state index contributed by atoms with van der Waals surface area (Å²) >= 11 is 0. The zero-order valence-electron chi connectivity index (χ0n) is 10.7. The number of ether oxygens (including phenoxy) is 2. The monoisotopic (exact) mass is 292 g/mol. The Kier molecular flexibility index (Phi) is 6.26.